The summed E-state index contributed by atoms with van der Waals surface area (Å²) in [7, 11) is 0. The molecular weight excluding hydrogens is 308 g/mol. The van der Waals surface area contributed by atoms with Crippen LogP contribution in [-0.4, -0.2) is 47.4 Å². The fourth-order valence-electron chi connectivity index (χ4n) is 2.12. The molecule has 120 valence electrons. The summed E-state index contributed by atoms with van der Waals surface area (Å²) in [6.45, 7) is 2.55. The zero-order valence-electron chi connectivity index (χ0n) is 12.3. The molecule has 0 radical (unpaired) electrons. The van der Waals surface area contributed by atoms with Crippen LogP contribution in [0.3, 0.4) is 0 Å². The van der Waals surface area contributed by atoms with E-state index < -0.39 is 35.7 Å². The highest BCUT2D eigenvalue weighted by molar-refractivity contribution is 7.99. The molecule has 1 aliphatic heterocycles. The molecule has 0 aromatic heterocycles. The molecule has 4 atom stereocenters. The molecule has 7 heteroatoms. The van der Waals surface area contributed by atoms with E-state index in [1.54, 1.807) is 0 Å². The SMILES string of the molecule is CC(=O)O[C@@H]1[C@H](O)[C@H](OC(C)=O)CO[C@@H]1Sc1ccccc1. The number of hydrogen-bond acceptors (Lipinski definition) is 7. The number of aliphatic hydroxyl groups excluding tert-OH is 1. The molecule has 0 aliphatic carbocycles. The number of thioether (sulfide) groups is 1. The number of aliphatic hydroxyl groups is 1. The molecule has 0 unspecified atom stereocenters. The molecule has 1 heterocycles. The Hall–Kier alpha value is -1.57. The van der Waals surface area contributed by atoms with E-state index in [0.717, 1.165) is 4.90 Å². The Kier molecular flexibility index (Phi) is 5.82. The van der Waals surface area contributed by atoms with Gasteiger partial charge in [0.15, 0.2) is 12.2 Å². The van der Waals surface area contributed by atoms with Gasteiger partial charge in [0.1, 0.15) is 11.5 Å². The highest BCUT2D eigenvalue weighted by Crippen LogP contribution is 2.33. The van der Waals surface area contributed by atoms with Crippen molar-refractivity contribution >= 4 is 23.7 Å². The molecule has 1 aromatic carbocycles. The monoisotopic (exact) mass is 326 g/mol. The fraction of sp³-hybridized carbons (Fsp3) is 0.467. The molecular formula is C15H18O6S. The fourth-order valence-corrected chi connectivity index (χ4v) is 3.20. The maximum Gasteiger partial charge on any atom is 0.303 e. The Morgan fingerprint density at radius 3 is 2.41 bits per heavy atom. The molecule has 1 aliphatic rings. The Morgan fingerprint density at radius 2 is 1.82 bits per heavy atom. The van der Waals surface area contributed by atoms with Gasteiger partial charge in [-0.1, -0.05) is 30.0 Å². The minimum atomic E-state index is -1.14. The standard InChI is InChI=1S/C15H18O6S/c1-9(16)20-12-8-19-15(14(13(12)18)21-10(2)17)22-11-6-4-3-5-7-11/h3-7,12-15,18H,8H2,1-2H3/t12-,13-,14-,15-/m1/s1. The predicted molar refractivity (Wildman–Crippen MR) is 79.2 cm³/mol. The van der Waals surface area contributed by atoms with Crippen LogP contribution in [0.15, 0.2) is 35.2 Å². The topological polar surface area (TPSA) is 82.1 Å². The van der Waals surface area contributed by atoms with Crippen molar-refractivity contribution in [2.75, 3.05) is 6.61 Å². The number of hydrogen-bond donors (Lipinski definition) is 1. The molecule has 0 spiro atoms. The van der Waals surface area contributed by atoms with Gasteiger partial charge in [0.25, 0.3) is 0 Å². The second kappa shape index (κ2) is 7.62. The van der Waals surface area contributed by atoms with Gasteiger partial charge in [0.05, 0.1) is 6.61 Å². The van der Waals surface area contributed by atoms with Crippen molar-refractivity contribution in [1.82, 2.24) is 0 Å². The van der Waals surface area contributed by atoms with Gasteiger partial charge in [-0.3, -0.25) is 9.59 Å². The van der Waals surface area contributed by atoms with Gasteiger partial charge in [0.2, 0.25) is 0 Å². The van der Waals surface area contributed by atoms with Gasteiger partial charge in [0, 0.05) is 18.7 Å². The number of rotatable bonds is 4. The van der Waals surface area contributed by atoms with Crippen LogP contribution >= 0.6 is 11.8 Å². The summed E-state index contributed by atoms with van der Waals surface area (Å²) in [6, 6.07) is 9.43. The van der Waals surface area contributed by atoms with E-state index in [9.17, 15) is 14.7 Å². The average Bonchev–Trinajstić information content (AvgIpc) is 2.46. The van der Waals surface area contributed by atoms with Gasteiger partial charge in [-0.2, -0.15) is 0 Å². The molecule has 0 saturated carbocycles. The number of carbonyl (C=O) groups is 2. The number of benzene rings is 1. The van der Waals surface area contributed by atoms with Crippen LogP contribution in [0, 0.1) is 0 Å². The zero-order chi connectivity index (χ0) is 16.1. The van der Waals surface area contributed by atoms with Crippen LogP contribution < -0.4 is 0 Å². The Bertz CT molecular complexity index is 520. The summed E-state index contributed by atoms with van der Waals surface area (Å²) < 4.78 is 15.8. The highest BCUT2D eigenvalue weighted by Gasteiger charge is 2.43. The molecule has 1 aromatic rings. The lowest BCUT2D eigenvalue weighted by atomic mass is 10.1. The summed E-state index contributed by atoms with van der Waals surface area (Å²) >= 11 is 1.34. The second-order valence-corrected chi connectivity index (χ2v) is 6.02. The van der Waals surface area contributed by atoms with Gasteiger partial charge >= 0.3 is 11.9 Å². The lowest BCUT2D eigenvalue weighted by Gasteiger charge is -2.38. The van der Waals surface area contributed by atoms with Crippen LogP contribution in [-0.2, 0) is 23.8 Å². The lowest BCUT2D eigenvalue weighted by molar-refractivity contribution is -0.201. The third-order valence-corrected chi connectivity index (χ3v) is 4.21. The minimum Gasteiger partial charge on any atom is -0.457 e. The van der Waals surface area contributed by atoms with E-state index >= 15 is 0 Å². The first-order valence-electron chi connectivity index (χ1n) is 6.83. The van der Waals surface area contributed by atoms with Crippen molar-refractivity contribution in [2.24, 2.45) is 0 Å². The minimum absolute atomic E-state index is 0.0447. The van der Waals surface area contributed by atoms with E-state index in [0.29, 0.717) is 0 Å². The van der Waals surface area contributed by atoms with Crippen molar-refractivity contribution in [1.29, 1.82) is 0 Å². The van der Waals surface area contributed by atoms with Crippen LogP contribution in [0.2, 0.25) is 0 Å². The quantitative estimate of drug-likeness (QED) is 0.837. The van der Waals surface area contributed by atoms with Crippen LogP contribution in [0.5, 0.6) is 0 Å². The van der Waals surface area contributed by atoms with Gasteiger partial charge in [-0.25, -0.2) is 0 Å². The number of carbonyl (C=O) groups excluding carboxylic acids is 2. The van der Waals surface area contributed by atoms with Gasteiger partial charge in [-0.15, -0.1) is 0 Å². The molecule has 1 fully saturated rings. The summed E-state index contributed by atoms with van der Waals surface area (Å²) in [5.41, 5.74) is -0.576. The highest BCUT2D eigenvalue weighted by atomic mass is 32.2. The summed E-state index contributed by atoms with van der Waals surface area (Å²) in [5.74, 6) is -1.06. The van der Waals surface area contributed by atoms with E-state index in [1.807, 2.05) is 30.3 Å². The Morgan fingerprint density at radius 1 is 1.18 bits per heavy atom. The van der Waals surface area contributed by atoms with E-state index in [-0.39, 0.29) is 6.61 Å². The van der Waals surface area contributed by atoms with E-state index in [4.69, 9.17) is 14.2 Å². The summed E-state index contributed by atoms with van der Waals surface area (Å²) in [5, 5.41) is 10.3. The predicted octanol–water partition coefficient (Wildman–Crippen LogP) is 1.36. The third-order valence-electron chi connectivity index (χ3n) is 3.03. The number of esters is 2. The van der Waals surface area contributed by atoms with Crippen LogP contribution in [0.25, 0.3) is 0 Å². The normalized spacial score (nSPS) is 28.0. The zero-order valence-corrected chi connectivity index (χ0v) is 13.1. The van der Waals surface area contributed by atoms with E-state index in [1.165, 1.54) is 25.6 Å². The van der Waals surface area contributed by atoms with Crippen molar-refractivity contribution in [3.8, 4) is 0 Å². The molecule has 22 heavy (non-hydrogen) atoms. The van der Waals surface area contributed by atoms with Gasteiger partial charge in [-0.05, 0) is 12.1 Å². The number of ether oxygens (including phenoxy) is 3. The van der Waals surface area contributed by atoms with Crippen LogP contribution in [0.4, 0.5) is 0 Å². The summed E-state index contributed by atoms with van der Waals surface area (Å²) in [4.78, 5) is 23.3. The maximum atomic E-state index is 11.3. The molecule has 0 bridgehead atoms. The molecule has 1 N–H and O–H groups in total. The second-order valence-electron chi connectivity index (χ2n) is 4.85. The molecule has 6 nitrogen and oxygen atoms in total. The molecule has 1 saturated heterocycles. The van der Waals surface area contributed by atoms with Crippen molar-refractivity contribution in [3.63, 3.8) is 0 Å². The molecule has 2 rings (SSSR count). The third kappa shape index (κ3) is 4.46. The Balaban J connectivity index is 2.11. The van der Waals surface area contributed by atoms with Crippen molar-refractivity contribution < 1.29 is 28.9 Å². The smallest absolute Gasteiger partial charge is 0.303 e. The average molecular weight is 326 g/mol. The van der Waals surface area contributed by atoms with Crippen molar-refractivity contribution in [2.45, 2.75) is 42.5 Å². The largest absolute Gasteiger partial charge is 0.457 e. The van der Waals surface area contributed by atoms with Crippen LogP contribution in [0.1, 0.15) is 13.8 Å². The molecule has 0 amide bonds. The van der Waals surface area contributed by atoms with Crippen molar-refractivity contribution in [3.05, 3.63) is 30.3 Å². The maximum absolute atomic E-state index is 11.3. The Labute approximate surface area is 132 Å². The van der Waals surface area contributed by atoms with Gasteiger partial charge < -0.3 is 19.3 Å². The summed E-state index contributed by atoms with van der Waals surface area (Å²) in [6.07, 6.45) is -2.90. The first kappa shape index (κ1) is 16.8. The van der Waals surface area contributed by atoms with E-state index in [2.05, 4.69) is 0 Å². The first-order valence-corrected chi connectivity index (χ1v) is 7.71. The first-order chi connectivity index (χ1) is 10.5. The lowest BCUT2D eigenvalue weighted by Crippen LogP contribution is -2.54.